The van der Waals surface area contributed by atoms with E-state index in [-0.39, 0.29) is 36.2 Å². The molecule has 2 heterocycles. The first kappa shape index (κ1) is 17.7. The summed E-state index contributed by atoms with van der Waals surface area (Å²) >= 11 is 0. The highest BCUT2D eigenvalue weighted by molar-refractivity contribution is 5.99. The molecule has 6 nitrogen and oxygen atoms in total. The largest absolute Gasteiger partial charge is 0.369 e. The third-order valence-corrected chi connectivity index (χ3v) is 4.47. The van der Waals surface area contributed by atoms with Crippen LogP contribution in [0.3, 0.4) is 0 Å². The summed E-state index contributed by atoms with van der Waals surface area (Å²) in [4.78, 5) is 26.0. The fourth-order valence-corrected chi connectivity index (χ4v) is 3.23. The molecule has 2 aliphatic rings. The van der Waals surface area contributed by atoms with E-state index >= 15 is 0 Å². The SMILES string of the molecule is Cl.NC[C@H]1CC[C@@H](C(=O)N2CC(C(N)=O)Cc3ccccc32)O1. The first-order valence-electron chi connectivity index (χ1n) is 7.64. The number of para-hydroxylation sites is 1. The van der Waals surface area contributed by atoms with Crippen LogP contribution in [0.4, 0.5) is 5.69 Å². The van der Waals surface area contributed by atoms with Crippen LogP contribution in [0.15, 0.2) is 24.3 Å². The third-order valence-electron chi connectivity index (χ3n) is 4.47. The minimum atomic E-state index is -0.478. The Balaban J connectivity index is 0.00000192. The standard InChI is InChI=1S/C16H21N3O3.ClH/c17-8-12-5-6-14(22-12)16(21)19-9-11(15(18)20)7-10-3-1-2-4-13(10)19;/h1-4,11-12,14H,5-9,17H2,(H2,18,20);1H/t11?,12-,14+;/m1./s1. The zero-order chi connectivity index (χ0) is 15.7. The Labute approximate surface area is 141 Å². The van der Waals surface area contributed by atoms with E-state index in [1.54, 1.807) is 4.90 Å². The van der Waals surface area contributed by atoms with Gasteiger partial charge in [0.1, 0.15) is 6.10 Å². The van der Waals surface area contributed by atoms with Crippen LogP contribution in [0.2, 0.25) is 0 Å². The molecular weight excluding hydrogens is 318 g/mol. The molecule has 3 atom stereocenters. The lowest BCUT2D eigenvalue weighted by molar-refractivity contribution is -0.129. The predicted molar refractivity (Wildman–Crippen MR) is 89.4 cm³/mol. The van der Waals surface area contributed by atoms with Gasteiger partial charge in [0, 0.05) is 18.8 Å². The van der Waals surface area contributed by atoms with Crippen LogP contribution in [-0.4, -0.2) is 37.1 Å². The number of benzene rings is 1. The van der Waals surface area contributed by atoms with Gasteiger partial charge in [0.15, 0.2) is 0 Å². The Morgan fingerprint density at radius 1 is 1.26 bits per heavy atom. The van der Waals surface area contributed by atoms with Crippen molar-refractivity contribution >= 4 is 29.9 Å². The van der Waals surface area contributed by atoms with E-state index in [1.807, 2.05) is 24.3 Å². The van der Waals surface area contributed by atoms with Gasteiger partial charge in [0.05, 0.1) is 12.0 Å². The van der Waals surface area contributed by atoms with Crippen molar-refractivity contribution in [1.29, 1.82) is 0 Å². The molecule has 0 radical (unpaired) electrons. The number of rotatable bonds is 3. The monoisotopic (exact) mass is 339 g/mol. The maximum Gasteiger partial charge on any atom is 0.256 e. The summed E-state index contributed by atoms with van der Waals surface area (Å²) in [6.45, 7) is 0.739. The molecule has 1 unspecified atom stereocenters. The minimum Gasteiger partial charge on any atom is -0.369 e. The van der Waals surface area contributed by atoms with Crippen molar-refractivity contribution in [2.24, 2.45) is 17.4 Å². The average Bonchev–Trinajstić information content (AvgIpc) is 3.02. The second kappa shape index (κ2) is 7.29. The summed E-state index contributed by atoms with van der Waals surface area (Å²) in [6, 6.07) is 7.63. The van der Waals surface area contributed by atoms with Crippen molar-refractivity contribution in [2.75, 3.05) is 18.0 Å². The Morgan fingerprint density at radius 3 is 2.65 bits per heavy atom. The highest BCUT2D eigenvalue weighted by Gasteiger charge is 2.37. The number of halogens is 1. The molecule has 2 amide bonds. The van der Waals surface area contributed by atoms with Crippen LogP contribution in [0, 0.1) is 5.92 Å². The number of anilines is 1. The van der Waals surface area contributed by atoms with Gasteiger partial charge in [-0.25, -0.2) is 0 Å². The second-order valence-electron chi connectivity index (χ2n) is 5.94. The van der Waals surface area contributed by atoms with Crippen molar-refractivity contribution < 1.29 is 14.3 Å². The molecule has 0 aliphatic carbocycles. The van der Waals surface area contributed by atoms with E-state index in [0.717, 1.165) is 17.7 Å². The molecule has 1 saturated heterocycles. The maximum atomic E-state index is 12.8. The fraction of sp³-hybridized carbons (Fsp3) is 0.500. The summed E-state index contributed by atoms with van der Waals surface area (Å²) in [5.41, 5.74) is 12.9. The molecule has 0 aromatic heterocycles. The summed E-state index contributed by atoms with van der Waals surface area (Å²) in [5, 5.41) is 0. The van der Waals surface area contributed by atoms with E-state index in [9.17, 15) is 9.59 Å². The number of hydrogen-bond acceptors (Lipinski definition) is 4. The highest BCUT2D eigenvalue weighted by Crippen LogP contribution is 2.32. The van der Waals surface area contributed by atoms with E-state index in [2.05, 4.69) is 0 Å². The van der Waals surface area contributed by atoms with Gasteiger partial charge in [0.25, 0.3) is 5.91 Å². The van der Waals surface area contributed by atoms with Crippen LogP contribution in [0.1, 0.15) is 18.4 Å². The number of hydrogen-bond donors (Lipinski definition) is 2. The van der Waals surface area contributed by atoms with Crippen molar-refractivity contribution in [3.63, 3.8) is 0 Å². The quantitative estimate of drug-likeness (QED) is 0.842. The molecule has 4 N–H and O–H groups in total. The second-order valence-corrected chi connectivity index (χ2v) is 5.94. The first-order chi connectivity index (χ1) is 10.6. The lowest BCUT2D eigenvalue weighted by Crippen LogP contribution is -2.48. The number of nitrogens with two attached hydrogens (primary N) is 2. The normalized spacial score (nSPS) is 26.3. The topological polar surface area (TPSA) is 98.7 Å². The average molecular weight is 340 g/mol. The van der Waals surface area contributed by atoms with Gasteiger partial charge in [-0.1, -0.05) is 18.2 Å². The van der Waals surface area contributed by atoms with Crippen LogP contribution < -0.4 is 16.4 Å². The minimum absolute atomic E-state index is 0. The van der Waals surface area contributed by atoms with Crippen molar-refractivity contribution in [1.82, 2.24) is 0 Å². The lowest BCUT2D eigenvalue weighted by atomic mass is 9.91. The molecule has 2 aliphatic heterocycles. The molecule has 3 rings (SSSR count). The maximum absolute atomic E-state index is 12.8. The summed E-state index contributed by atoms with van der Waals surface area (Å²) in [7, 11) is 0. The molecule has 0 spiro atoms. The number of carbonyl (C=O) groups is 2. The molecule has 0 saturated carbocycles. The Kier molecular flexibility index (Phi) is 5.62. The molecule has 0 bridgehead atoms. The summed E-state index contributed by atoms with van der Waals surface area (Å²) in [5.74, 6) is -0.834. The molecular formula is C16H22ClN3O3. The number of primary amides is 1. The van der Waals surface area contributed by atoms with Crippen molar-refractivity contribution in [3.8, 4) is 0 Å². The number of ether oxygens (including phenoxy) is 1. The van der Waals surface area contributed by atoms with Crippen LogP contribution in [-0.2, 0) is 20.7 Å². The van der Waals surface area contributed by atoms with E-state index in [0.29, 0.717) is 25.9 Å². The van der Waals surface area contributed by atoms with Crippen LogP contribution in [0.25, 0.3) is 0 Å². The van der Waals surface area contributed by atoms with Gasteiger partial charge in [-0.3, -0.25) is 9.59 Å². The molecule has 1 aromatic carbocycles. The molecule has 7 heteroatoms. The van der Waals surface area contributed by atoms with Gasteiger partial charge in [-0.05, 0) is 30.9 Å². The zero-order valence-corrected chi connectivity index (χ0v) is 13.6. The summed E-state index contributed by atoms with van der Waals surface area (Å²) < 4.78 is 5.70. The number of nitrogens with zero attached hydrogens (tertiary/aromatic N) is 1. The molecule has 126 valence electrons. The van der Waals surface area contributed by atoms with Crippen LogP contribution in [0.5, 0.6) is 0 Å². The fourth-order valence-electron chi connectivity index (χ4n) is 3.23. The van der Waals surface area contributed by atoms with Crippen LogP contribution >= 0.6 is 12.4 Å². The smallest absolute Gasteiger partial charge is 0.256 e. The Bertz CT molecular complexity index is 596. The van der Waals surface area contributed by atoms with E-state index in [4.69, 9.17) is 16.2 Å². The van der Waals surface area contributed by atoms with Gasteiger partial charge >= 0.3 is 0 Å². The van der Waals surface area contributed by atoms with Gasteiger partial charge in [-0.15, -0.1) is 12.4 Å². The van der Waals surface area contributed by atoms with Gasteiger partial charge in [-0.2, -0.15) is 0 Å². The lowest BCUT2D eigenvalue weighted by Gasteiger charge is -2.34. The molecule has 23 heavy (non-hydrogen) atoms. The molecule has 1 fully saturated rings. The number of carbonyl (C=O) groups excluding carboxylic acids is 2. The van der Waals surface area contributed by atoms with Gasteiger partial charge in [0.2, 0.25) is 5.91 Å². The number of amides is 2. The van der Waals surface area contributed by atoms with E-state index in [1.165, 1.54) is 0 Å². The summed E-state index contributed by atoms with van der Waals surface area (Å²) in [6.07, 6.45) is 1.50. The predicted octanol–water partition coefficient (Wildman–Crippen LogP) is 0.605. The van der Waals surface area contributed by atoms with Crippen molar-refractivity contribution in [3.05, 3.63) is 29.8 Å². The Hall–Kier alpha value is -1.63. The van der Waals surface area contributed by atoms with Gasteiger partial charge < -0.3 is 21.1 Å². The first-order valence-corrected chi connectivity index (χ1v) is 7.64. The Morgan fingerprint density at radius 2 is 2.00 bits per heavy atom. The third kappa shape index (κ3) is 3.49. The highest BCUT2D eigenvalue weighted by atomic mass is 35.5. The zero-order valence-electron chi connectivity index (χ0n) is 12.8. The number of fused-ring (bicyclic) bond motifs is 1. The van der Waals surface area contributed by atoms with Crippen molar-refractivity contribution in [2.45, 2.75) is 31.5 Å². The van der Waals surface area contributed by atoms with E-state index < -0.39 is 6.10 Å². The molecule has 1 aromatic rings.